The standard InChI is InChI=1S/C38H71NO5.C2H6/c1-5-33(6-2)19-25-44-36(41)18-14-10-9-12-16-21-39(22-23-40)20-15-11-7-8-13-17-24-43-37(42)31-38(4)29-34-26-32(3)27-35(28-34)30-38;1-2/h32-35,40H,5-31H2,1-4H3;1-2H3. The van der Waals surface area contributed by atoms with Crippen molar-refractivity contribution < 1.29 is 24.2 Å². The lowest BCUT2D eigenvalue weighted by Gasteiger charge is -2.47. The number of fused-ring (bicyclic) bond motifs is 2. The maximum Gasteiger partial charge on any atom is 0.306 e. The predicted octanol–water partition coefficient (Wildman–Crippen LogP) is 10.1. The van der Waals surface area contributed by atoms with Gasteiger partial charge in [0.25, 0.3) is 0 Å². The van der Waals surface area contributed by atoms with Gasteiger partial charge in [-0.2, -0.15) is 0 Å². The van der Waals surface area contributed by atoms with Crippen molar-refractivity contribution in [1.82, 2.24) is 4.90 Å². The summed E-state index contributed by atoms with van der Waals surface area (Å²) in [6.07, 6.45) is 23.3. The maximum absolute atomic E-state index is 12.6. The molecule has 0 amide bonds. The quantitative estimate of drug-likeness (QED) is 0.0741. The fraction of sp³-hybridized carbons (Fsp3) is 0.950. The Morgan fingerprint density at radius 3 is 1.83 bits per heavy atom. The number of ether oxygens (including phenoxy) is 2. The molecule has 0 aromatic rings. The molecule has 0 heterocycles. The lowest BCUT2D eigenvalue weighted by atomic mass is 9.58. The molecular weight excluding hydrogens is 574 g/mol. The number of aliphatic hydroxyl groups is 1. The molecule has 0 aliphatic heterocycles. The Morgan fingerprint density at radius 1 is 0.739 bits per heavy atom. The Hall–Kier alpha value is -1.14. The summed E-state index contributed by atoms with van der Waals surface area (Å²) in [5.74, 6) is 3.16. The van der Waals surface area contributed by atoms with Crippen LogP contribution in [0.15, 0.2) is 0 Å². The van der Waals surface area contributed by atoms with Crippen molar-refractivity contribution in [3.05, 3.63) is 0 Å². The van der Waals surface area contributed by atoms with Crippen molar-refractivity contribution in [2.24, 2.45) is 29.1 Å². The van der Waals surface area contributed by atoms with Gasteiger partial charge in [-0.05, 0) is 106 Å². The molecule has 272 valence electrons. The maximum atomic E-state index is 12.6. The summed E-state index contributed by atoms with van der Waals surface area (Å²) in [6, 6.07) is 0. The molecule has 2 unspecified atom stereocenters. The topological polar surface area (TPSA) is 76.1 Å². The van der Waals surface area contributed by atoms with E-state index in [1.54, 1.807) is 0 Å². The summed E-state index contributed by atoms with van der Waals surface area (Å²) >= 11 is 0. The van der Waals surface area contributed by atoms with Crippen molar-refractivity contribution in [3.8, 4) is 0 Å². The molecule has 0 radical (unpaired) electrons. The third kappa shape index (κ3) is 20.3. The molecule has 2 fully saturated rings. The van der Waals surface area contributed by atoms with Crippen molar-refractivity contribution >= 4 is 11.9 Å². The molecule has 0 saturated heterocycles. The van der Waals surface area contributed by atoms with E-state index in [9.17, 15) is 14.7 Å². The van der Waals surface area contributed by atoms with Crippen LogP contribution in [-0.2, 0) is 19.1 Å². The molecule has 46 heavy (non-hydrogen) atoms. The first-order valence-corrected chi connectivity index (χ1v) is 19.9. The Bertz CT molecular complexity index is 736. The van der Waals surface area contributed by atoms with Crippen LogP contribution >= 0.6 is 0 Å². The van der Waals surface area contributed by atoms with Crippen LogP contribution in [0.25, 0.3) is 0 Å². The number of hydrogen-bond acceptors (Lipinski definition) is 6. The minimum Gasteiger partial charge on any atom is -0.466 e. The lowest BCUT2D eigenvalue weighted by Crippen LogP contribution is -2.37. The number of hydrogen-bond donors (Lipinski definition) is 1. The van der Waals surface area contributed by atoms with Gasteiger partial charge in [0.05, 0.1) is 26.2 Å². The molecule has 1 N–H and O–H groups in total. The fourth-order valence-electron chi connectivity index (χ4n) is 8.30. The highest BCUT2D eigenvalue weighted by Crippen LogP contribution is 2.51. The van der Waals surface area contributed by atoms with E-state index in [-0.39, 0.29) is 24.0 Å². The molecular formula is C40H77NO5. The molecule has 2 aliphatic rings. The zero-order valence-electron chi connectivity index (χ0n) is 31.4. The van der Waals surface area contributed by atoms with Gasteiger partial charge in [-0.3, -0.25) is 9.59 Å². The van der Waals surface area contributed by atoms with E-state index in [0.717, 1.165) is 95.2 Å². The van der Waals surface area contributed by atoms with Crippen LogP contribution in [0.5, 0.6) is 0 Å². The molecule has 0 aromatic heterocycles. The van der Waals surface area contributed by atoms with Gasteiger partial charge < -0.3 is 19.5 Å². The van der Waals surface area contributed by atoms with Crippen LogP contribution in [0.4, 0.5) is 0 Å². The Labute approximate surface area is 285 Å². The summed E-state index contributed by atoms with van der Waals surface area (Å²) in [5, 5.41) is 9.47. The van der Waals surface area contributed by atoms with Gasteiger partial charge in [-0.25, -0.2) is 0 Å². The van der Waals surface area contributed by atoms with Crippen LogP contribution in [0.3, 0.4) is 0 Å². The summed E-state index contributed by atoms with van der Waals surface area (Å²) in [6.45, 7) is 17.3. The average molecular weight is 652 g/mol. The average Bonchev–Trinajstić information content (AvgIpc) is 3.01. The van der Waals surface area contributed by atoms with E-state index in [1.165, 1.54) is 64.2 Å². The van der Waals surface area contributed by atoms with Crippen molar-refractivity contribution in [2.45, 2.75) is 176 Å². The second-order valence-corrected chi connectivity index (χ2v) is 15.1. The molecule has 0 aromatic carbocycles. The number of esters is 2. The highest BCUT2D eigenvalue weighted by Gasteiger charge is 2.42. The molecule has 2 rings (SSSR count). The summed E-state index contributed by atoms with van der Waals surface area (Å²) in [4.78, 5) is 26.9. The number of nitrogens with zero attached hydrogens (tertiary/aromatic N) is 1. The SMILES string of the molecule is CC.CCC(CC)CCOC(=O)CCCCCCCN(CCO)CCCCCCCCOC(=O)CC1(C)CC2CC(C)CC(C2)C1. The van der Waals surface area contributed by atoms with Crippen LogP contribution in [0.2, 0.25) is 0 Å². The number of carbonyl (C=O) groups excluding carboxylic acids is 2. The minimum atomic E-state index is -0.0378. The largest absolute Gasteiger partial charge is 0.466 e. The monoisotopic (exact) mass is 652 g/mol. The Morgan fingerprint density at radius 2 is 1.26 bits per heavy atom. The highest BCUT2D eigenvalue weighted by atomic mass is 16.5. The van der Waals surface area contributed by atoms with Gasteiger partial charge in [0.15, 0.2) is 0 Å². The van der Waals surface area contributed by atoms with Gasteiger partial charge in [-0.1, -0.05) is 99.3 Å². The molecule has 2 saturated carbocycles. The van der Waals surface area contributed by atoms with Crippen molar-refractivity contribution in [2.75, 3.05) is 39.5 Å². The molecule has 2 aliphatic carbocycles. The van der Waals surface area contributed by atoms with E-state index in [2.05, 4.69) is 32.6 Å². The predicted molar refractivity (Wildman–Crippen MR) is 193 cm³/mol. The fourth-order valence-corrected chi connectivity index (χ4v) is 8.30. The zero-order chi connectivity index (χ0) is 34.0. The lowest BCUT2D eigenvalue weighted by molar-refractivity contribution is -0.148. The van der Waals surface area contributed by atoms with Gasteiger partial charge >= 0.3 is 11.9 Å². The van der Waals surface area contributed by atoms with E-state index < -0.39 is 0 Å². The Kier molecular flexibility index (Phi) is 25.0. The highest BCUT2D eigenvalue weighted by molar-refractivity contribution is 5.70. The number of unbranched alkanes of at least 4 members (excludes halogenated alkanes) is 9. The number of rotatable bonds is 26. The first-order chi connectivity index (χ1) is 22.3. The summed E-state index contributed by atoms with van der Waals surface area (Å²) < 4.78 is 11.1. The van der Waals surface area contributed by atoms with Gasteiger partial charge in [0, 0.05) is 13.0 Å². The normalized spacial score (nSPS) is 22.4. The molecule has 6 heteroatoms. The first kappa shape index (κ1) is 42.9. The summed E-state index contributed by atoms with van der Waals surface area (Å²) in [7, 11) is 0. The van der Waals surface area contributed by atoms with E-state index in [0.29, 0.717) is 32.0 Å². The molecule has 6 nitrogen and oxygen atoms in total. The smallest absolute Gasteiger partial charge is 0.306 e. The van der Waals surface area contributed by atoms with E-state index in [4.69, 9.17) is 9.47 Å². The second kappa shape index (κ2) is 26.8. The van der Waals surface area contributed by atoms with Crippen molar-refractivity contribution in [3.63, 3.8) is 0 Å². The van der Waals surface area contributed by atoms with Gasteiger partial charge in [-0.15, -0.1) is 0 Å². The Balaban J connectivity index is 0.00000518. The minimum absolute atomic E-state index is 0.0208. The van der Waals surface area contributed by atoms with Gasteiger partial charge in [0.1, 0.15) is 0 Å². The second-order valence-electron chi connectivity index (χ2n) is 15.1. The molecule has 2 bridgehead atoms. The van der Waals surface area contributed by atoms with E-state index >= 15 is 0 Å². The van der Waals surface area contributed by atoms with E-state index in [1.807, 2.05) is 13.8 Å². The van der Waals surface area contributed by atoms with Crippen LogP contribution in [0, 0.1) is 29.1 Å². The number of aliphatic hydroxyl groups excluding tert-OH is 1. The molecule has 0 spiro atoms. The third-order valence-corrected chi connectivity index (χ3v) is 10.6. The van der Waals surface area contributed by atoms with Crippen molar-refractivity contribution in [1.29, 1.82) is 0 Å². The number of carbonyl (C=O) groups is 2. The van der Waals surface area contributed by atoms with Crippen LogP contribution in [0.1, 0.15) is 176 Å². The summed E-state index contributed by atoms with van der Waals surface area (Å²) in [5.41, 5.74) is 0.151. The van der Waals surface area contributed by atoms with Crippen LogP contribution < -0.4 is 0 Å². The molecule has 2 atom stereocenters. The first-order valence-electron chi connectivity index (χ1n) is 19.9. The van der Waals surface area contributed by atoms with Gasteiger partial charge in [0.2, 0.25) is 0 Å². The third-order valence-electron chi connectivity index (χ3n) is 10.6. The van der Waals surface area contributed by atoms with Crippen LogP contribution in [-0.4, -0.2) is 61.4 Å². The zero-order valence-corrected chi connectivity index (χ0v) is 31.4.